The molecule has 2 amide bonds. The highest BCUT2D eigenvalue weighted by molar-refractivity contribution is 5.73. The lowest BCUT2D eigenvalue weighted by Gasteiger charge is -2.18. The zero-order valence-electron chi connectivity index (χ0n) is 12.3. The van der Waals surface area contributed by atoms with Crippen LogP contribution in [0.25, 0.3) is 0 Å². The SMILES string of the molecule is CCN(CC)CCNC(=O)NCCc1cccc(F)c1. The zero-order chi connectivity index (χ0) is 14.8. The molecule has 0 aliphatic heterocycles. The number of nitrogens with one attached hydrogen (secondary N) is 2. The predicted molar refractivity (Wildman–Crippen MR) is 79.3 cm³/mol. The van der Waals surface area contributed by atoms with E-state index in [1.807, 2.05) is 6.07 Å². The number of urea groups is 1. The number of amides is 2. The zero-order valence-corrected chi connectivity index (χ0v) is 12.3. The molecule has 0 unspecified atom stereocenters. The van der Waals surface area contributed by atoms with Gasteiger partial charge in [0.2, 0.25) is 0 Å². The van der Waals surface area contributed by atoms with Gasteiger partial charge in [-0.05, 0) is 37.2 Å². The molecular weight excluding hydrogens is 257 g/mol. The first-order valence-electron chi connectivity index (χ1n) is 7.14. The molecule has 1 aromatic carbocycles. The third-order valence-corrected chi connectivity index (χ3v) is 3.20. The molecule has 0 radical (unpaired) electrons. The summed E-state index contributed by atoms with van der Waals surface area (Å²) in [5, 5.41) is 5.58. The number of carbonyl (C=O) groups is 1. The molecule has 2 N–H and O–H groups in total. The van der Waals surface area contributed by atoms with Crippen LogP contribution in [0.2, 0.25) is 0 Å². The Bertz CT molecular complexity index is 408. The van der Waals surface area contributed by atoms with Crippen LogP contribution >= 0.6 is 0 Å². The van der Waals surface area contributed by atoms with Crippen LogP contribution in [0.1, 0.15) is 19.4 Å². The number of benzene rings is 1. The van der Waals surface area contributed by atoms with Gasteiger partial charge in [-0.2, -0.15) is 0 Å². The summed E-state index contributed by atoms with van der Waals surface area (Å²) in [5.41, 5.74) is 0.883. The standard InChI is InChI=1S/C15H24FN3O/c1-3-19(4-2)11-10-18-15(20)17-9-8-13-6-5-7-14(16)12-13/h5-7,12H,3-4,8-11H2,1-2H3,(H2,17,18,20). The Morgan fingerprint density at radius 1 is 1.20 bits per heavy atom. The van der Waals surface area contributed by atoms with Crippen LogP contribution < -0.4 is 10.6 Å². The molecule has 0 spiro atoms. The molecule has 4 nitrogen and oxygen atoms in total. The number of hydrogen-bond acceptors (Lipinski definition) is 2. The van der Waals surface area contributed by atoms with Gasteiger partial charge in [0, 0.05) is 19.6 Å². The van der Waals surface area contributed by atoms with Crippen LogP contribution in [0.5, 0.6) is 0 Å². The fourth-order valence-corrected chi connectivity index (χ4v) is 1.94. The van der Waals surface area contributed by atoms with E-state index in [1.165, 1.54) is 12.1 Å². The van der Waals surface area contributed by atoms with Crippen LogP contribution in [-0.4, -0.2) is 43.7 Å². The third-order valence-electron chi connectivity index (χ3n) is 3.20. The predicted octanol–water partition coefficient (Wildman–Crippen LogP) is 2.01. The number of rotatable bonds is 8. The molecule has 0 fully saturated rings. The third kappa shape index (κ3) is 6.52. The maximum atomic E-state index is 13.0. The quantitative estimate of drug-likeness (QED) is 0.765. The highest BCUT2D eigenvalue weighted by Crippen LogP contribution is 2.03. The molecule has 0 aliphatic rings. The number of hydrogen-bond donors (Lipinski definition) is 2. The summed E-state index contributed by atoms with van der Waals surface area (Å²) >= 11 is 0. The van der Waals surface area contributed by atoms with E-state index in [-0.39, 0.29) is 11.8 Å². The number of carbonyl (C=O) groups excluding carboxylic acids is 1. The second-order valence-corrected chi connectivity index (χ2v) is 4.59. The second kappa shape index (κ2) is 9.31. The molecule has 1 rings (SSSR count). The fraction of sp³-hybridized carbons (Fsp3) is 0.533. The van der Waals surface area contributed by atoms with Gasteiger partial charge in [-0.1, -0.05) is 26.0 Å². The van der Waals surface area contributed by atoms with Gasteiger partial charge in [0.15, 0.2) is 0 Å². The van der Waals surface area contributed by atoms with Gasteiger partial charge in [0.25, 0.3) is 0 Å². The van der Waals surface area contributed by atoms with E-state index < -0.39 is 0 Å². The van der Waals surface area contributed by atoms with Crippen molar-refractivity contribution in [1.29, 1.82) is 0 Å². The molecule has 0 bridgehead atoms. The average molecular weight is 281 g/mol. The molecule has 5 heteroatoms. The van der Waals surface area contributed by atoms with Crippen LogP contribution in [0.3, 0.4) is 0 Å². The second-order valence-electron chi connectivity index (χ2n) is 4.59. The lowest BCUT2D eigenvalue weighted by Crippen LogP contribution is -2.41. The Kier molecular flexibility index (Phi) is 7.65. The van der Waals surface area contributed by atoms with Gasteiger partial charge >= 0.3 is 6.03 Å². The molecule has 20 heavy (non-hydrogen) atoms. The summed E-state index contributed by atoms with van der Waals surface area (Å²) in [4.78, 5) is 13.8. The molecular formula is C15H24FN3O. The topological polar surface area (TPSA) is 44.4 Å². The van der Waals surface area contributed by atoms with Gasteiger partial charge in [-0.3, -0.25) is 0 Å². The Morgan fingerprint density at radius 2 is 1.90 bits per heavy atom. The fourth-order valence-electron chi connectivity index (χ4n) is 1.94. The molecule has 112 valence electrons. The van der Waals surface area contributed by atoms with Crippen molar-refractivity contribution in [3.63, 3.8) is 0 Å². The van der Waals surface area contributed by atoms with Crippen LogP contribution in [0.15, 0.2) is 24.3 Å². The summed E-state index contributed by atoms with van der Waals surface area (Å²) < 4.78 is 13.0. The van der Waals surface area contributed by atoms with E-state index in [1.54, 1.807) is 6.07 Å². The van der Waals surface area contributed by atoms with Gasteiger partial charge in [-0.15, -0.1) is 0 Å². The summed E-state index contributed by atoms with van der Waals surface area (Å²) in [6, 6.07) is 6.25. The van der Waals surface area contributed by atoms with E-state index >= 15 is 0 Å². The van der Waals surface area contributed by atoms with Crippen molar-refractivity contribution in [2.45, 2.75) is 20.3 Å². The van der Waals surface area contributed by atoms with Crippen molar-refractivity contribution in [3.05, 3.63) is 35.6 Å². The van der Waals surface area contributed by atoms with E-state index in [0.29, 0.717) is 19.5 Å². The van der Waals surface area contributed by atoms with Crippen LogP contribution in [0.4, 0.5) is 9.18 Å². The molecule has 0 saturated carbocycles. The molecule has 0 aliphatic carbocycles. The van der Waals surface area contributed by atoms with Crippen molar-refractivity contribution < 1.29 is 9.18 Å². The summed E-state index contributed by atoms with van der Waals surface area (Å²) in [6.45, 7) is 8.15. The Hall–Kier alpha value is -1.62. The number of halogens is 1. The minimum Gasteiger partial charge on any atom is -0.338 e. The average Bonchev–Trinajstić information content (AvgIpc) is 2.44. The molecule has 0 aromatic heterocycles. The summed E-state index contributed by atoms with van der Waals surface area (Å²) in [6.07, 6.45) is 0.626. The lowest BCUT2D eigenvalue weighted by molar-refractivity contribution is 0.237. The van der Waals surface area contributed by atoms with Crippen LogP contribution in [-0.2, 0) is 6.42 Å². The largest absolute Gasteiger partial charge is 0.338 e. The molecule has 1 aromatic rings. The normalized spacial score (nSPS) is 10.6. The van der Waals surface area contributed by atoms with E-state index in [2.05, 4.69) is 29.4 Å². The maximum absolute atomic E-state index is 13.0. The first-order chi connectivity index (χ1) is 9.65. The van der Waals surface area contributed by atoms with Gasteiger partial charge in [0.05, 0.1) is 0 Å². The van der Waals surface area contributed by atoms with Crippen molar-refractivity contribution >= 4 is 6.03 Å². The van der Waals surface area contributed by atoms with E-state index in [0.717, 1.165) is 25.2 Å². The minimum atomic E-state index is -0.244. The van der Waals surface area contributed by atoms with Crippen LogP contribution in [0, 0.1) is 5.82 Å². The van der Waals surface area contributed by atoms with Gasteiger partial charge in [-0.25, -0.2) is 9.18 Å². The van der Waals surface area contributed by atoms with Crippen molar-refractivity contribution in [2.24, 2.45) is 0 Å². The van der Waals surface area contributed by atoms with E-state index in [9.17, 15) is 9.18 Å². The van der Waals surface area contributed by atoms with Crippen molar-refractivity contribution in [3.8, 4) is 0 Å². The summed E-state index contributed by atoms with van der Waals surface area (Å²) in [5.74, 6) is -0.244. The highest BCUT2D eigenvalue weighted by Gasteiger charge is 2.02. The molecule has 0 heterocycles. The number of likely N-dealkylation sites (N-methyl/N-ethyl adjacent to an activating group) is 1. The molecule has 0 atom stereocenters. The van der Waals surface area contributed by atoms with Crippen molar-refractivity contribution in [1.82, 2.24) is 15.5 Å². The Balaban J connectivity index is 2.14. The van der Waals surface area contributed by atoms with Gasteiger partial charge in [0.1, 0.15) is 5.82 Å². The summed E-state index contributed by atoms with van der Waals surface area (Å²) in [7, 11) is 0. The highest BCUT2D eigenvalue weighted by atomic mass is 19.1. The smallest absolute Gasteiger partial charge is 0.314 e. The Labute approximate surface area is 120 Å². The van der Waals surface area contributed by atoms with Crippen molar-refractivity contribution in [2.75, 3.05) is 32.7 Å². The number of nitrogens with zero attached hydrogens (tertiary/aromatic N) is 1. The lowest BCUT2D eigenvalue weighted by atomic mass is 10.1. The van der Waals surface area contributed by atoms with Gasteiger partial charge < -0.3 is 15.5 Å². The molecule has 0 saturated heterocycles. The maximum Gasteiger partial charge on any atom is 0.314 e. The van der Waals surface area contributed by atoms with E-state index in [4.69, 9.17) is 0 Å². The monoisotopic (exact) mass is 281 g/mol. The minimum absolute atomic E-state index is 0.173. The Morgan fingerprint density at radius 3 is 2.55 bits per heavy atom. The first kappa shape index (κ1) is 16.4. The first-order valence-corrected chi connectivity index (χ1v) is 7.14.